The number of ether oxygens (including phenoxy) is 1. The van der Waals surface area contributed by atoms with Gasteiger partial charge in [-0.15, -0.1) is 0 Å². The Morgan fingerprint density at radius 1 is 1.29 bits per heavy atom. The quantitative estimate of drug-likeness (QED) is 0.363. The molecule has 0 saturated heterocycles. The number of benzene rings is 1. The minimum atomic E-state index is -0.578. The van der Waals surface area contributed by atoms with Crippen molar-refractivity contribution in [2.24, 2.45) is 0 Å². The molecule has 6 nitrogen and oxygen atoms in total. The average molecular weight is 287 g/mol. The van der Waals surface area contributed by atoms with Gasteiger partial charge in [-0.25, -0.2) is 4.79 Å². The van der Waals surface area contributed by atoms with Crippen LogP contribution in [0.2, 0.25) is 0 Å². The summed E-state index contributed by atoms with van der Waals surface area (Å²) in [5.41, 5.74) is 1.36. The second-order valence-corrected chi connectivity index (χ2v) is 4.50. The number of furan rings is 1. The van der Waals surface area contributed by atoms with E-state index in [9.17, 15) is 14.9 Å². The zero-order chi connectivity index (χ0) is 15.4. The summed E-state index contributed by atoms with van der Waals surface area (Å²) in [5.74, 6) is -0.0667. The van der Waals surface area contributed by atoms with Crippen molar-refractivity contribution in [3.63, 3.8) is 0 Å². The third-order valence-electron chi connectivity index (χ3n) is 2.62. The highest BCUT2D eigenvalue weighted by atomic mass is 16.6. The number of carbonyl (C=O) groups excluding carboxylic acids is 1. The average Bonchev–Trinajstić information content (AvgIpc) is 2.94. The van der Waals surface area contributed by atoms with Crippen molar-refractivity contribution in [1.29, 1.82) is 0 Å². The number of hydrogen-bond donors (Lipinski definition) is 0. The first-order valence-corrected chi connectivity index (χ1v) is 6.13. The van der Waals surface area contributed by atoms with Crippen molar-refractivity contribution in [3.05, 3.63) is 64.4 Å². The molecular weight excluding hydrogens is 274 g/mol. The van der Waals surface area contributed by atoms with Gasteiger partial charge in [0.2, 0.25) is 5.76 Å². The molecule has 0 radical (unpaired) electrons. The van der Waals surface area contributed by atoms with Crippen molar-refractivity contribution in [2.45, 2.75) is 6.92 Å². The number of esters is 1. The lowest BCUT2D eigenvalue weighted by Crippen LogP contribution is -2.05. The molecule has 0 atom stereocenters. The Balaban J connectivity index is 2.13. The topological polar surface area (TPSA) is 82.6 Å². The molecule has 0 spiro atoms. The fraction of sp³-hybridized carbons (Fsp3) is 0.133. The molecule has 0 bridgehead atoms. The van der Waals surface area contributed by atoms with Gasteiger partial charge >= 0.3 is 5.97 Å². The molecule has 0 aliphatic carbocycles. The smallest absolute Gasteiger partial charge is 0.374 e. The summed E-state index contributed by atoms with van der Waals surface area (Å²) in [6, 6.07) is 8.96. The highest BCUT2D eigenvalue weighted by molar-refractivity contribution is 5.87. The molecule has 1 heterocycles. The molecule has 1 aromatic heterocycles. The van der Waals surface area contributed by atoms with Crippen LogP contribution in [0.5, 0.6) is 0 Å². The van der Waals surface area contributed by atoms with Gasteiger partial charge in [0.1, 0.15) is 12.4 Å². The van der Waals surface area contributed by atoms with Gasteiger partial charge in [-0.3, -0.25) is 10.1 Å². The minimum Gasteiger partial charge on any atom is -0.455 e. The van der Waals surface area contributed by atoms with E-state index in [1.165, 1.54) is 18.2 Å². The molecule has 0 N–H and O–H groups in total. The van der Waals surface area contributed by atoms with Gasteiger partial charge in [0.15, 0.2) is 0 Å². The van der Waals surface area contributed by atoms with E-state index >= 15 is 0 Å². The minimum absolute atomic E-state index is 0.00797. The second-order valence-electron chi connectivity index (χ2n) is 4.50. The van der Waals surface area contributed by atoms with Crippen LogP contribution in [-0.4, -0.2) is 17.5 Å². The molecule has 0 unspecified atom stereocenters. The van der Waals surface area contributed by atoms with E-state index in [4.69, 9.17) is 9.15 Å². The first-order chi connectivity index (χ1) is 9.97. The lowest BCUT2D eigenvalue weighted by atomic mass is 10.1. The Kier molecular flexibility index (Phi) is 4.18. The summed E-state index contributed by atoms with van der Waals surface area (Å²) >= 11 is 0. The largest absolute Gasteiger partial charge is 0.455 e. The number of non-ortho nitro benzene ring substituents is 1. The van der Waals surface area contributed by atoms with Crippen molar-refractivity contribution >= 4 is 11.7 Å². The second kappa shape index (κ2) is 6.04. The lowest BCUT2D eigenvalue weighted by Gasteiger charge is -2.01. The number of hydrogen-bond acceptors (Lipinski definition) is 5. The maximum Gasteiger partial charge on any atom is 0.374 e. The van der Waals surface area contributed by atoms with Gasteiger partial charge in [0.05, 0.1) is 4.92 Å². The summed E-state index contributed by atoms with van der Waals surface area (Å²) in [5, 5.41) is 10.6. The molecule has 0 aliphatic rings. The zero-order valence-corrected chi connectivity index (χ0v) is 11.4. The van der Waals surface area contributed by atoms with Crippen LogP contribution >= 0.6 is 0 Å². The van der Waals surface area contributed by atoms with Crippen LogP contribution in [0, 0.1) is 10.1 Å². The Labute approximate surface area is 120 Å². The van der Waals surface area contributed by atoms with Crippen LogP contribution < -0.4 is 0 Å². The summed E-state index contributed by atoms with van der Waals surface area (Å²) < 4.78 is 10.4. The fourth-order valence-electron chi connectivity index (χ4n) is 1.61. The van der Waals surface area contributed by atoms with Gasteiger partial charge in [-0.1, -0.05) is 6.58 Å². The SMILES string of the molecule is C=C(C)COC(=O)c1ccc(-c2ccc([N+](=O)[O-])cc2)o1. The van der Waals surface area contributed by atoms with Crippen LogP contribution in [-0.2, 0) is 4.74 Å². The van der Waals surface area contributed by atoms with Gasteiger partial charge < -0.3 is 9.15 Å². The highest BCUT2D eigenvalue weighted by Crippen LogP contribution is 2.24. The van der Waals surface area contributed by atoms with E-state index in [1.54, 1.807) is 25.1 Å². The molecule has 108 valence electrons. The Morgan fingerprint density at radius 3 is 2.52 bits per heavy atom. The van der Waals surface area contributed by atoms with E-state index in [-0.39, 0.29) is 18.1 Å². The Hall–Kier alpha value is -2.89. The molecule has 6 heteroatoms. The maximum atomic E-state index is 11.7. The molecule has 2 rings (SSSR count). The molecule has 0 aliphatic heterocycles. The molecule has 0 fully saturated rings. The van der Waals surface area contributed by atoms with Crippen LogP contribution in [0.4, 0.5) is 5.69 Å². The van der Waals surface area contributed by atoms with Gasteiger partial charge in [0, 0.05) is 17.7 Å². The van der Waals surface area contributed by atoms with Gasteiger partial charge in [-0.2, -0.15) is 0 Å². The van der Waals surface area contributed by atoms with E-state index < -0.39 is 10.9 Å². The maximum absolute atomic E-state index is 11.7. The van der Waals surface area contributed by atoms with Crippen LogP contribution in [0.15, 0.2) is 53.0 Å². The van der Waals surface area contributed by atoms with Crippen LogP contribution in [0.1, 0.15) is 17.5 Å². The van der Waals surface area contributed by atoms with Crippen molar-refractivity contribution in [3.8, 4) is 11.3 Å². The summed E-state index contributed by atoms with van der Waals surface area (Å²) in [7, 11) is 0. The van der Waals surface area contributed by atoms with Gasteiger partial charge in [0.25, 0.3) is 5.69 Å². The molecule has 0 saturated carbocycles. The number of nitro benzene ring substituents is 1. The normalized spacial score (nSPS) is 10.1. The zero-order valence-electron chi connectivity index (χ0n) is 11.4. The first-order valence-electron chi connectivity index (χ1n) is 6.13. The summed E-state index contributed by atoms with van der Waals surface area (Å²) in [6.45, 7) is 5.51. The number of rotatable bonds is 5. The summed E-state index contributed by atoms with van der Waals surface area (Å²) in [6.07, 6.45) is 0. The van der Waals surface area contributed by atoms with Crippen LogP contribution in [0.3, 0.4) is 0 Å². The first kappa shape index (κ1) is 14.5. The van der Waals surface area contributed by atoms with Crippen molar-refractivity contribution in [1.82, 2.24) is 0 Å². The summed E-state index contributed by atoms with van der Waals surface area (Å²) in [4.78, 5) is 21.8. The fourth-order valence-corrected chi connectivity index (χ4v) is 1.61. The number of nitrogens with zero attached hydrogens (tertiary/aromatic N) is 1. The molecule has 21 heavy (non-hydrogen) atoms. The van der Waals surface area contributed by atoms with Crippen LogP contribution in [0.25, 0.3) is 11.3 Å². The third kappa shape index (κ3) is 3.56. The predicted molar refractivity (Wildman–Crippen MR) is 75.9 cm³/mol. The van der Waals surface area contributed by atoms with E-state index in [2.05, 4.69) is 6.58 Å². The van der Waals surface area contributed by atoms with E-state index in [0.717, 1.165) is 5.57 Å². The Bertz CT molecular complexity index is 684. The number of carbonyl (C=O) groups is 1. The van der Waals surface area contributed by atoms with Crippen molar-refractivity contribution < 1.29 is 18.9 Å². The van der Waals surface area contributed by atoms with E-state index in [0.29, 0.717) is 11.3 Å². The Morgan fingerprint density at radius 2 is 1.95 bits per heavy atom. The predicted octanol–water partition coefficient (Wildman–Crippen LogP) is 3.59. The number of nitro groups is 1. The highest BCUT2D eigenvalue weighted by Gasteiger charge is 2.14. The standard InChI is InChI=1S/C15H13NO5/c1-10(2)9-20-15(17)14-8-7-13(21-14)11-3-5-12(6-4-11)16(18)19/h3-8H,1,9H2,2H3. The molecular formula is C15H13NO5. The molecule has 0 amide bonds. The third-order valence-corrected chi connectivity index (χ3v) is 2.62. The van der Waals surface area contributed by atoms with Crippen molar-refractivity contribution in [2.75, 3.05) is 6.61 Å². The monoisotopic (exact) mass is 287 g/mol. The molecule has 2 aromatic rings. The molecule has 1 aromatic carbocycles. The van der Waals surface area contributed by atoms with E-state index in [1.807, 2.05) is 0 Å². The van der Waals surface area contributed by atoms with Gasteiger partial charge in [-0.05, 0) is 36.8 Å². The lowest BCUT2D eigenvalue weighted by molar-refractivity contribution is -0.384.